The highest BCUT2D eigenvalue weighted by atomic mass is 32.2. The lowest BCUT2D eigenvalue weighted by Gasteiger charge is -2.25. The van der Waals surface area contributed by atoms with Crippen LogP contribution in [0.15, 0.2) is 80.5 Å². The minimum atomic E-state index is -0.666. The average Bonchev–Trinajstić information content (AvgIpc) is 3.45. The number of hydrogen-bond donors (Lipinski definition) is 0. The van der Waals surface area contributed by atoms with E-state index in [4.69, 9.17) is 14.5 Å². The van der Waals surface area contributed by atoms with E-state index in [9.17, 15) is 14.4 Å². The predicted octanol–water partition coefficient (Wildman–Crippen LogP) is 5.49. The summed E-state index contributed by atoms with van der Waals surface area (Å²) in [6, 6.07) is 16.5. The molecular formula is C34H35N3O5S2. The van der Waals surface area contributed by atoms with E-state index in [-0.39, 0.29) is 17.6 Å². The van der Waals surface area contributed by atoms with Crippen LogP contribution in [0.2, 0.25) is 0 Å². The summed E-state index contributed by atoms with van der Waals surface area (Å²) in [6.45, 7) is 11.5. The van der Waals surface area contributed by atoms with Crippen molar-refractivity contribution in [3.05, 3.63) is 114 Å². The van der Waals surface area contributed by atoms with Crippen molar-refractivity contribution in [2.24, 2.45) is 4.99 Å². The van der Waals surface area contributed by atoms with Gasteiger partial charge in [-0.05, 0) is 107 Å². The Hall–Kier alpha value is -4.15. The molecule has 0 N–H and O–H groups in total. The molecule has 5 rings (SSSR count). The van der Waals surface area contributed by atoms with Crippen LogP contribution in [0.3, 0.4) is 0 Å². The first-order valence-corrected chi connectivity index (χ1v) is 16.4. The number of thioether (sulfide) groups is 1. The number of nitrogens with zero attached hydrogens (tertiary/aromatic N) is 3. The van der Waals surface area contributed by atoms with Crippen LogP contribution in [-0.2, 0) is 14.3 Å². The molecule has 1 atom stereocenters. The van der Waals surface area contributed by atoms with E-state index >= 15 is 0 Å². The van der Waals surface area contributed by atoms with Gasteiger partial charge in [-0.25, -0.2) is 14.6 Å². The van der Waals surface area contributed by atoms with E-state index in [0.29, 0.717) is 32.8 Å². The highest BCUT2D eigenvalue weighted by molar-refractivity contribution is 7.98. The van der Waals surface area contributed by atoms with Crippen LogP contribution in [0.4, 0.5) is 0 Å². The smallest absolute Gasteiger partial charge is 0.338 e. The zero-order valence-electron chi connectivity index (χ0n) is 25.8. The highest BCUT2D eigenvalue weighted by Gasteiger charge is 2.33. The Labute approximate surface area is 264 Å². The second-order valence-corrected chi connectivity index (χ2v) is 12.6. The van der Waals surface area contributed by atoms with Gasteiger partial charge >= 0.3 is 11.9 Å². The minimum Gasteiger partial charge on any atom is -0.462 e. The third kappa shape index (κ3) is 5.96. The summed E-state index contributed by atoms with van der Waals surface area (Å²) in [6.07, 6.45) is 3.57. The summed E-state index contributed by atoms with van der Waals surface area (Å²) in [4.78, 5) is 45.9. The van der Waals surface area contributed by atoms with Gasteiger partial charge in [0.05, 0.1) is 40.1 Å². The van der Waals surface area contributed by atoms with Gasteiger partial charge in [0.2, 0.25) is 0 Å². The van der Waals surface area contributed by atoms with Crippen molar-refractivity contribution in [2.45, 2.75) is 58.6 Å². The van der Waals surface area contributed by atoms with Crippen LogP contribution in [0.25, 0.3) is 11.8 Å². The molecule has 0 amide bonds. The fourth-order valence-electron chi connectivity index (χ4n) is 5.40. The molecule has 0 saturated heterocycles. The van der Waals surface area contributed by atoms with Crippen molar-refractivity contribution in [3.8, 4) is 5.69 Å². The van der Waals surface area contributed by atoms with Crippen molar-refractivity contribution in [3.63, 3.8) is 0 Å². The second-order valence-electron chi connectivity index (χ2n) is 10.7. The third-order valence-electron chi connectivity index (χ3n) is 7.41. The van der Waals surface area contributed by atoms with Crippen LogP contribution in [-0.4, -0.2) is 40.0 Å². The first-order chi connectivity index (χ1) is 21.0. The number of allylic oxidation sites excluding steroid dienone is 1. The molecule has 10 heteroatoms. The maximum absolute atomic E-state index is 14.1. The van der Waals surface area contributed by atoms with Gasteiger partial charge in [-0.2, -0.15) is 0 Å². The minimum absolute atomic E-state index is 0.223. The molecule has 228 valence electrons. The number of fused-ring (bicyclic) bond motifs is 1. The van der Waals surface area contributed by atoms with Gasteiger partial charge in [0.15, 0.2) is 4.80 Å². The molecule has 8 nitrogen and oxygen atoms in total. The molecule has 2 aromatic heterocycles. The summed E-state index contributed by atoms with van der Waals surface area (Å²) in [5.41, 5.74) is 5.67. The standard InChI is InChI=1S/C34H35N3O5S2/c1-8-41-32(39)24-9-13-26(14-10-24)36-20(4)17-25(22(36)6)18-28-31(38)37-30(23-11-15-27(43-7)16-12-23)29(33(40)42-19(2)3)21(5)35-34(37)44-28/h9-19,30H,8H2,1-7H3/b28-18-/t30-/m1/s1. The van der Waals surface area contributed by atoms with E-state index in [2.05, 4.69) is 4.57 Å². The quantitative estimate of drug-likeness (QED) is 0.189. The molecule has 0 aliphatic carbocycles. The van der Waals surface area contributed by atoms with Gasteiger partial charge in [0, 0.05) is 22.0 Å². The van der Waals surface area contributed by atoms with Gasteiger partial charge in [-0.3, -0.25) is 9.36 Å². The van der Waals surface area contributed by atoms with Crippen molar-refractivity contribution >= 4 is 41.1 Å². The molecule has 0 bridgehead atoms. The first kappa shape index (κ1) is 31.3. The Morgan fingerprint density at radius 2 is 1.73 bits per heavy atom. The zero-order valence-corrected chi connectivity index (χ0v) is 27.5. The van der Waals surface area contributed by atoms with Crippen LogP contribution < -0.4 is 14.9 Å². The number of aromatic nitrogens is 2. The topological polar surface area (TPSA) is 91.9 Å². The molecular weight excluding hydrogens is 595 g/mol. The lowest BCUT2D eigenvalue weighted by Crippen LogP contribution is -2.40. The number of esters is 2. The summed E-state index contributed by atoms with van der Waals surface area (Å²) >= 11 is 2.93. The van der Waals surface area contributed by atoms with E-state index in [1.54, 1.807) is 56.2 Å². The number of hydrogen-bond acceptors (Lipinski definition) is 8. The van der Waals surface area contributed by atoms with Crippen molar-refractivity contribution in [1.29, 1.82) is 0 Å². The second kappa shape index (κ2) is 12.8. The van der Waals surface area contributed by atoms with E-state index in [0.717, 1.165) is 33.1 Å². The van der Waals surface area contributed by atoms with Gasteiger partial charge in [-0.15, -0.1) is 11.8 Å². The Bertz CT molecular complexity index is 1950. The average molecular weight is 630 g/mol. The Balaban J connectivity index is 1.61. The van der Waals surface area contributed by atoms with E-state index in [1.165, 1.54) is 11.3 Å². The number of rotatable bonds is 8. The maximum Gasteiger partial charge on any atom is 0.338 e. The number of carbonyl (C=O) groups is 2. The summed E-state index contributed by atoms with van der Waals surface area (Å²) in [5.74, 6) is -0.836. The van der Waals surface area contributed by atoms with Gasteiger partial charge in [0.25, 0.3) is 5.56 Å². The number of carbonyl (C=O) groups excluding carboxylic acids is 2. The number of thiazole rings is 1. The van der Waals surface area contributed by atoms with Crippen LogP contribution >= 0.6 is 23.1 Å². The lowest BCUT2D eigenvalue weighted by atomic mass is 9.96. The molecule has 0 unspecified atom stereocenters. The maximum atomic E-state index is 14.1. The molecule has 1 aliphatic heterocycles. The largest absolute Gasteiger partial charge is 0.462 e. The molecule has 4 aromatic rings. The van der Waals surface area contributed by atoms with Gasteiger partial charge in [-0.1, -0.05) is 23.5 Å². The van der Waals surface area contributed by atoms with E-state index < -0.39 is 12.0 Å². The van der Waals surface area contributed by atoms with E-state index in [1.807, 2.05) is 68.6 Å². The molecule has 0 radical (unpaired) electrons. The zero-order chi connectivity index (χ0) is 31.7. The van der Waals surface area contributed by atoms with Crippen molar-refractivity contribution < 1.29 is 19.1 Å². The Kier molecular flexibility index (Phi) is 9.12. The lowest BCUT2D eigenvalue weighted by molar-refractivity contribution is -0.143. The van der Waals surface area contributed by atoms with Crippen LogP contribution in [0.5, 0.6) is 0 Å². The van der Waals surface area contributed by atoms with Gasteiger partial charge in [0.1, 0.15) is 0 Å². The van der Waals surface area contributed by atoms with Gasteiger partial charge < -0.3 is 14.0 Å². The Morgan fingerprint density at radius 3 is 2.34 bits per heavy atom. The molecule has 3 heterocycles. The van der Waals surface area contributed by atoms with Crippen molar-refractivity contribution in [2.75, 3.05) is 12.9 Å². The number of aryl methyl sites for hydroxylation is 1. The number of ether oxygens (including phenoxy) is 2. The molecule has 0 saturated carbocycles. The third-order valence-corrected chi connectivity index (χ3v) is 9.14. The summed E-state index contributed by atoms with van der Waals surface area (Å²) in [7, 11) is 0. The first-order valence-electron chi connectivity index (χ1n) is 14.4. The molecule has 2 aromatic carbocycles. The molecule has 0 spiro atoms. The fraction of sp³-hybridized carbons (Fsp3) is 0.294. The fourth-order valence-corrected chi connectivity index (χ4v) is 6.84. The van der Waals surface area contributed by atoms with Crippen LogP contribution in [0, 0.1) is 13.8 Å². The predicted molar refractivity (Wildman–Crippen MR) is 174 cm³/mol. The van der Waals surface area contributed by atoms with Crippen molar-refractivity contribution in [1.82, 2.24) is 9.13 Å². The SMILES string of the molecule is CCOC(=O)c1ccc(-n2c(C)cc(/C=c3\sc4n(c3=O)[C@H](c3ccc(SC)cc3)C(C(=O)OC(C)C)=C(C)N=4)c2C)cc1. The summed E-state index contributed by atoms with van der Waals surface area (Å²) < 4.78 is 14.9. The summed E-state index contributed by atoms with van der Waals surface area (Å²) in [5, 5.41) is 0. The van der Waals surface area contributed by atoms with Crippen LogP contribution in [0.1, 0.15) is 66.6 Å². The normalized spacial score (nSPS) is 14.9. The molecule has 44 heavy (non-hydrogen) atoms. The number of benzene rings is 2. The monoisotopic (exact) mass is 629 g/mol. The Morgan fingerprint density at radius 1 is 1.05 bits per heavy atom. The molecule has 0 fully saturated rings. The molecule has 1 aliphatic rings. The highest BCUT2D eigenvalue weighted by Crippen LogP contribution is 2.32.